The lowest BCUT2D eigenvalue weighted by atomic mass is 9.44. The maximum absolute atomic E-state index is 13.1. The number of aliphatic hydroxyl groups excluding tert-OH is 1. The first-order chi connectivity index (χ1) is 18.0. The minimum atomic E-state index is -1.20. The molecule has 12 heteroatoms. The normalized spacial score (nSPS) is 30.0. The zero-order valence-corrected chi connectivity index (χ0v) is 24.3. The van der Waals surface area contributed by atoms with Crippen molar-refractivity contribution in [3.63, 3.8) is 0 Å². The Morgan fingerprint density at radius 1 is 1.26 bits per heavy atom. The molecule has 3 heterocycles. The van der Waals surface area contributed by atoms with Crippen LogP contribution in [0.2, 0.25) is 5.82 Å². The Bertz CT molecular complexity index is 1360. The summed E-state index contributed by atoms with van der Waals surface area (Å²) >= 11 is 0. The summed E-state index contributed by atoms with van der Waals surface area (Å²) in [5, 5.41) is 34.1. The number of ether oxygens (including phenoxy) is 1. The molecule has 1 fully saturated rings. The molecule has 0 aromatic carbocycles. The van der Waals surface area contributed by atoms with Crippen molar-refractivity contribution < 1.29 is 19.7 Å². The van der Waals surface area contributed by atoms with Crippen LogP contribution in [0, 0.1) is 16.7 Å². The summed E-state index contributed by atoms with van der Waals surface area (Å²) in [5.41, 5.74) is 1.13. The number of pyridine rings is 1. The molecule has 2 aliphatic rings. The van der Waals surface area contributed by atoms with Gasteiger partial charge in [-0.2, -0.15) is 5.26 Å². The summed E-state index contributed by atoms with van der Waals surface area (Å²) < 4.78 is 6.21. The Labute approximate surface area is 233 Å². The highest BCUT2D eigenvalue weighted by Crippen LogP contribution is 2.53. The summed E-state index contributed by atoms with van der Waals surface area (Å²) in [4.78, 5) is 25.0. The number of aromatic nitrogens is 3. The largest absolute Gasteiger partial charge is 0.395 e. The number of hydrogen-bond acceptors (Lipinski definition) is 7. The molecule has 204 valence electrons. The molecule has 9 nitrogen and oxygen atoms in total. The van der Waals surface area contributed by atoms with Crippen LogP contribution in [0.3, 0.4) is 0 Å². The fourth-order valence-corrected chi connectivity index (χ4v) is 6.69. The number of H-pyrrole nitrogens is 1. The summed E-state index contributed by atoms with van der Waals surface area (Å²) in [7, 11) is 5.89. The van der Waals surface area contributed by atoms with Crippen LogP contribution in [0.1, 0.15) is 87.5 Å². The average Bonchev–Trinajstić information content (AvgIpc) is 3.32. The van der Waals surface area contributed by atoms with Gasteiger partial charge in [0.05, 0.1) is 34.7 Å². The van der Waals surface area contributed by atoms with Gasteiger partial charge in [-0.05, 0) is 69.0 Å². The molecule has 1 saturated heterocycles. The van der Waals surface area contributed by atoms with Crippen molar-refractivity contribution in [1.29, 1.82) is 5.26 Å². The van der Waals surface area contributed by atoms with Crippen molar-refractivity contribution in [3.05, 3.63) is 46.7 Å². The molecular weight excluding hydrogens is 491 g/mol. The maximum Gasteiger partial charge on any atom is 0.291 e. The number of rotatable bonds is 5. The van der Waals surface area contributed by atoms with Gasteiger partial charge in [-0.1, -0.05) is 13.8 Å². The molecule has 0 saturated carbocycles. The number of anilines is 1. The fraction of sp³-hybridized carbons (Fsp3) is 0.556. The lowest BCUT2D eigenvalue weighted by Gasteiger charge is -2.49. The highest BCUT2D eigenvalue weighted by Gasteiger charge is 2.48. The Morgan fingerprint density at radius 2 is 1.95 bits per heavy atom. The quantitative estimate of drug-likeness (QED) is 0.421. The summed E-state index contributed by atoms with van der Waals surface area (Å²) in [6.07, 6.45) is 3.45. The Balaban J connectivity index is 1.84. The Hall–Kier alpha value is -2.87. The van der Waals surface area contributed by atoms with E-state index in [9.17, 15) is 15.0 Å². The number of imidazole rings is 1. The van der Waals surface area contributed by atoms with Gasteiger partial charge in [-0.3, -0.25) is 9.78 Å². The number of aromatic amines is 1. The van der Waals surface area contributed by atoms with Gasteiger partial charge in [0.25, 0.3) is 5.91 Å². The lowest BCUT2D eigenvalue weighted by molar-refractivity contribution is -0.187. The third-order valence-corrected chi connectivity index (χ3v) is 8.67. The van der Waals surface area contributed by atoms with E-state index in [0.29, 0.717) is 29.8 Å². The number of allylic oxidation sites excluding steroid dienone is 1. The molecule has 4 unspecified atom stereocenters. The number of carbonyl (C=O) groups is 1. The lowest BCUT2D eigenvalue weighted by Crippen LogP contribution is -2.49. The number of amides is 1. The van der Waals surface area contributed by atoms with Crippen molar-refractivity contribution in [3.8, 4) is 6.07 Å². The van der Waals surface area contributed by atoms with Crippen LogP contribution < -0.4 is 5.32 Å². The molecule has 1 aliphatic heterocycles. The van der Waals surface area contributed by atoms with E-state index in [2.05, 4.69) is 37.0 Å². The van der Waals surface area contributed by atoms with Crippen molar-refractivity contribution in [2.45, 2.75) is 82.3 Å². The molecule has 2 aromatic rings. The second-order valence-corrected chi connectivity index (χ2v) is 13.1. The van der Waals surface area contributed by atoms with E-state index < -0.39 is 22.6 Å². The highest BCUT2D eigenvalue weighted by molar-refractivity contribution is 6.35. The van der Waals surface area contributed by atoms with E-state index in [1.807, 2.05) is 54.7 Å². The smallest absolute Gasteiger partial charge is 0.291 e. The molecule has 0 bridgehead atoms. The van der Waals surface area contributed by atoms with E-state index in [0.717, 1.165) is 17.6 Å². The van der Waals surface area contributed by atoms with Gasteiger partial charge in [-0.15, -0.1) is 5.47 Å². The Kier molecular flexibility index (Phi) is 7.43. The van der Waals surface area contributed by atoms with Gasteiger partial charge in [-0.25, -0.2) is 4.98 Å². The zero-order valence-electron chi connectivity index (χ0n) is 24.3. The van der Waals surface area contributed by atoms with Gasteiger partial charge in [0, 0.05) is 17.8 Å². The van der Waals surface area contributed by atoms with Crippen LogP contribution in [0.25, 0.3) is 5.57 Å². The van der Waals surface area contributed by atoms with Crippen LogP contribution in [-0.4, -0.2) is 77.9 Å². The Morgan fingerprint density at radius 3 is 2.56 bits per heavy atom. The summed E-state index contributed by atoms with van der Waals surface area (Å²) in [6.45, 7) is 10.2. The van der Waals surface area contributed by atoms with E-state index >= 15 is 0 Å². The van der Waals surface area contributed by atoms with Crippen molar-refractivity contribution in [2.75, 3.05) is 11.9 Å². The minimum Gasteiger partial charge on any atom is -0.395 e. The number of nitrogens with one attached hydrogen (secondary N) is 2. The molecule has 2 aromatic heterocycles. The first-order valence-electron chi connectivity index (χ1n) is 13.5. The molecule has 1 aliphatic carbocycles. The molecule has 0 spiro atoms. The van der Waals surface area contributed by atoms with Crippen LogP contribution in [0.5, 0.6) is 0 Å². The van der Waals surface area contributed by atoms with E-state index in [1.54, 1.807) is 0 Å². The third-order valence-electron chi connectivity index (χ3n) is 8.67. The summed E-state index contributed by atoms with van der Waals surface area (Å²) in [5.74, 6) is -0.571. The number of nitriles is 1. The van der Waals surface area contributed by atoms with Crippen molar-refractivity contribution in [1.82, 2.24) is 15.0 Å². The molecular formula is C27H38B3N5O4. The van der Waals surface area contributed by atoms with E-state index in [-0.39, 0.29) is 35.3 Å². The maximum atomic E-state index is 13.1. The summed E-state index contributed by atoms with van der Waals surface area (Å²) in [6, 6.07) is 5.63. The zero-order chi connectivity index (χ0) is 29.0. The van der Waals surface area contributed by atoms with E-state index in [4.69, 9.17) is 15.0 Å². The first-order valence-corrected chi connectivity index (χ1v) is 13.5. The second-order valence-electron chi connectivity index (χ2n) is 13.1. The molecule has 1 amide bonds. The SMILES string of the molecule is BC1=C(c2nc(C3CC(C)(C)OC(C)(CO)C3)ccc2NC(=O)c2nc(C#N)c[nH]2)C(B)(O)C(B)C(C)(C)C1. The predicted molar refractivity (Wildman–Crippen MR) is 158 cm³/mol. The topological polar surface area (TPSA) is 144 Å². The molecule has 4 N–H and O–H groups in total. The fourth-order valence-electron chi connectivity index (χ4n) is 6.69. The van der Waals surface area contributed by atoms with Crippen LogP contribution in [-0.2, 0) is 4.74 Å². The van der Waals surface area contributed by atoms with Crippen molar-refractivity contribution >= 4 is 40.7 Å². The van der Waals surface area contributed by atoms with Gasteiger partial charge >= 0.3 is 0 Å². The number of hydrogen-bond donors (Lipinski definition) is 4. The van der Waals surface area contributed by atoms with Gasteiger partial charge in [0.1, 0.15) is 29.6 Å². The van der Waals surface area contributed by atoms with E-state index in [1.165, 1.54) is 6.20 Å². The number of carbonyl (C=O) groups excluding carboxylic acids is 1. The average molecular weight is 529 g/mol. The highest BCUT2D eigenvalue weighted by atomic mass is 16.5. The van der Waals surface area contributed by atoms with Crippen LogP contribution in [0.4, 0.5) is 5.69 Å². The standard InChI is InChI=1S/C27H38B3N5O4/c1-24(2)10-16(28)19(27(30,38)23(24)29)20-18(35-22(37)21-32-12-15(11-31)33-21)7-6-17(34-20)14-8-25(3,4)39-26(5,9-14)13-36/h6-7,12,14,23,36,38H,8-10,13,28-30H2,1-5H3,(H,32,33)(H,35,37). The molecule has 0 radical (unpaired) electrons. The molecule has 39 heavy (non-hydrogen) atoms. The van der Waals surface area contributed by atoms with Crippen LogP contribution in [0.15, 0.2) is 23.8 Å². The molecule has 4 rings (SSSR count). The minimum absolute atomic E-state index is 0.000900. The van der Waals surface area contributed by atoms with Gasteiger partial charge in [0.15, 0.2) is 11.5 Å². The predicted octanol–water partition coefficient (Wildman–Crippen LogP) is 0.870. The van der Waals surface area contributed by atoms with Crippen molar-refractivity contribution in [2.24, 2.45) is 5.41 Å². The monoisotopic (exact) mass is 529 g/mol. The van der Waals surface area contributed by atoms with Gasteiger partial charge < -0.3 is 25.3 Å². The van der Waals surface area contributed by atoms with Crippen LogP contribution >= 0.6 is 0 Å². The third kappa shape index (κ3) is 5.58. The number of aliphatic hydroxyl groups is 2. The van der Waals surface area contributed by atoms with Gasteiger partial charge in [0.2, 0.25) is 0 Å². The number of nitrogens with zero attached hydrogens (tertiary/aromatic N) is 3. The molecule has 4 atom stereocenters. The second kappa shape index (κ2) is 9.95. The first kappa shape index (κ1) is 29.1.